The Morgan fingerprint density at radius 3 is 2.93 bits per heavy atom. The average Bonchev–Trinajstić information content (AvgIpc) is 2.67. The highest BCUT2D eigenvalue weighted by Crippen LogP contribution is 2.29. The van der Waals surface area contributed by atoms with Gasteiger partial charge in [-0.3, -0.25) is 9.78 Å². The van der Waals surface area contributed by atoms with Gasteiger partial charge in [0.05, 0.1) is 18.6 Å². The second kappa shape index (κ2) is 8.58. The topological polar surface area (TPSA) is 94.5 Å². The molecule has 2 heterocycles. The molecule has 3 rings (SSSR count). The first-order chi connectivity index (χ1) is 13.0. The molecule has 142 valence electrons. The number of nitrogens with zero attached hydrogens (tertiary/aromatic N) is 2. The number of likely N-dealkylation sites (tertiary alicyclic amines) is 1. The van der Waals surface area contributed by atoms with Crippen LogP contribution in [0.3, 0.4) is 0 Å². The summed E-state index contributed by atoms with van der Waals surface area (Å²) < 4.78 is 6.00. The molecule has 0 spiro atoms. The minimum absolute atomic E-state index is 0.132. The van der Waals surface area contributed by atoms with Crippen molar-refractivity contribution in [1.29, 1.82) is 0 Å². The van der Waals surface area contributed by atoms with Crippen molar-refractivity contribution in [3.05, 3.63) is 60.4 Å². The first kappa shape index (κ1) is 18.8. The van der Waals surface area contributed by atoms with Gasteiger partial charge in [-0.15, -0.1) is 0 Å². The quantitative estimate of drug-likeness (QED) is 0.766. The minimum atomic E-state index is 0.132. The number of rotatable bonds is 6. The van der Waals surface area contributed by atoms with Crippen LogP contribution in [0.25, 0.3) is 5.70 Å². The predicted molar refractivity (Wildman–Crippen MR) is 107 cm³/mol. The normalized spacial score (nSPS) is 16.7. The summed E-state index contributed by atoms with van der Waals surface area (Å²) in [6.45, 7) is 5.78. The standard InChI is InChI=1S/C21H26N4O2/c1-15(22)21-18(23)7-2-8-19(21)27-14-17-6-4-10-25(13-17)20(26)11-16-5-3-9-24-12-16/h2-3,5,7-9,12,17H,1,4,6,10-11,13-14,22-23H2/t17-/m0/s1. The van der Waals surface area contributed by atoms with Crippen LogP contribution < -0.4 is 16.2 Å². The molecule has 1 aromatic heterocycles. The van der Waals surface area contributed by atoms with Gasteiger partial charge in [0.2, 0.25) is 5.91 Å². The van der Waals surface area contributed by atoms with Crippen molar-refractivity contribution >= 4 is 17.3 Å². The van der Waals surface area contributed by atoms with Gasteiger partial charge in [-0.05, 0) is 36.6 Å². The zero-order valence-electron chi connectivity index (χ0n) is 15.4. The van der Waals surface area contributed by atoms with Gasteiger partial charge >= 0.3 is 0 Å². The number of aromatic nitrogens is 1. The number of ether oxygens (including phenoxy) is 1. The highest BCUT2D eigenvalue weighted by molar-refractivity contribution is 5.79. The maximum Gasteiger partial charge on any atom is 0.227 e. The number of carbonyl (C=O) groups excluding carboxylic acids is 1. The Morgan fingerprint density at radius 1 is 1.33 bits per heavy atom. The van der Waals surface area contributed by atoms with Gasteiger partial charge in [0.25, 0.3) is 0 Å². The molecule has 27 heavy (non-hydrogen) atoms. The molecule has 6 heteroatoms. The third-order valence-corrected chi connectivity index (χ3v) is 4.80. The van der Waals surface area contributed by atoms with Crippen LogP contribution in [0, 0.1) is 5.92 Å². The van der Waals surface area contributed by atoms with E-state index >= 15 is 0 Å². The molecule has 1 amide bonds. The second-order valence-electron chi connectivity index (χ2n) is 6.94. The lowest BCUT2D eigenvalue weighted by molar-refractivity contribution is -0.132. The summed E-state index contributed by atoms with van der Waals surface area (Å²) in [6.07, 6.45) is 5.83. The second-order valence-corrected chi connectivity index (χ2v) is 6.94. The van der Waals surface area contributed by atoms with E-state index in [2.05, 4.69) is 11.6 Å². The van der Waals surface area contributed by atoms with Gasteiger partial charge < -0.3 is 21.1 Å². The van der Waals surface area contributed by atoms with Gasteiger partial charge in [0, 0.05) is 42.8 Å². The van der Waals surface area contributed by atoms with Crippen LogP contribution in [0.2, 0.25) is 0 Å². The van der Waals surface area contributed by atoms with E-state index in [-0.39, 0.29) is 11.8 Å². The Morgan fingerprint density at radius 2 is 2.19 bits per heavy atom. The Balaban J connectivity index is 1.58. The number of benzene rings is 1. The largest absolute Gasteiger partial charge is 0.492 e. The van der Waals surface area contributed by atoms with E-state index in [0.717, 1.165) is 24.9 Å². The number of hydrogen-bond donors (Lipinski definition) is 2. The molecule has 0 radical (unpaired) electrons. The van der Waals surface area contributed by atoms with Crippen LogP contribution in [0.5, 0.6) is 5.75 Å². The molecular formula is C21H26N4O2. The molecule has 1 saturated heterocycles. The summed E-state index contributed by atoms with van der Waals surface area (Å²) in [7, 11) is 0. The number of hydrogen-bond acceptors (Lipinski definition) is 5. The van der Waals surface area contributed by atoms with E-state index in [0.29, 0.717) is 42.3 Å². The van der Waals surface area contributed by atoms with Gasteiger partial charge in [0.1, 0.15) is 5.75 Å². The van der Waals surface area contributed by atoms with E-state index in [1.807, 2.05) is 29.2 Å². The van der Waals surface area contributed by atoms with Crippen LogP contribution in [-0.2, 0) is 11.2 Å². The fourth-order valence-electron chi connectivity index (χ4n) is 3.44. The monoisotopic (exact) mass is 366 g/mol. The molecule has 1 aromatic carbocycles. The van der Waals surface area contributed by atoms with Gasteiger partial charge in [-0.2, -0.15) is 0 Å². The molecule has 1 aliphatic heterocycles. The fourth-order valence-corrected chi connectivity index (χ4v) is 3.44. The lowest BCUT2D eigenvalue weighted by Gasteiger charge is -2.33. The zero-order chi connectivity index (χ0) is 19.2. The molecule has 6 nitrogen and oxygen atoms in total. The van der Waals surface area contributed by atoms with Crippen molar-refractivity contribution in [1.82, 2.24) is 9.88 Å². The van der Waals surface area contributed by atoms with Crippen LogP contribution in [0.4, 0.5) is 5.69 Å². The van der Waals surface area contributed by atoms with E-state index in [9.17, 15) is 4.79 Å². The number of nitrogens with two attached hydrogens (primary N) is 2. The molecule has 2 aromatic rings. The molecule has 0 saturated carbocycles. The van der Waals surface area contributed by atoms with E-state index in [1.165, 1.54) is 0 Å². The molecular weight excluding hydrogens is 340 g/mol. The molecule has 0 bridgehead atoms. The third kappa shape index (κ3) is 4.78. The van der Waals surface area contributed by atoms with E-state index < -0.39 is 0 Å². The summed E-state index contributed by atoms with van der Waals surface area (Å²) in [5.41, 5.74) is 14.4. The summed E-state index contributed by atoms with van der Waals surface area (Å²) >= 11 is 0. The summed E-state index contributed by atoms with van der Waals surface area (Å²) in [5.74, 6) is 1.05. The predicted octanol–water partition coefficient (Wildman–Crippen LogP) is 2.45. The molecule has 0 aliphatic carbocycles. The lowest BCUT2D eigenvalue weighted by atomic mass is 9.98. The third-order valence-electron chi connectivity index (χ3n) is 4.80. The van der Waals surface area contributed by atoms with Crippen LogP contribution >= 0.6 is 0 Å². The molecule has 1 atom stereocenters. The smallest absolute Gasteiger partial charge is 0.227 e. The highest BCUT2D eigenvalue weighted by Gasteiger charge is 2.24. The van der Waals surface area contributed by atoms with Crippen molar-refractivity contribution in [2.75, 3.05) is 25.4 Å². The average molecular weight is 366 g/mol. The Labute approximate surface area is 159 Å². The fraction of sp³-hybridized carbons (Fsp3) is 0.333. The van der Waals surface area contributed by atoms with Crippen molar-refractivity contribution in [3.8, 4) is 5.75 Å². The number of carbonyl (C=O) groups is 1. The van der Waals surface area contributed by atoms with E-state index in [4.69, 9.17) is 16.2 Å². The Kier molecular flexibility index (Phi) is 5.96. The molecule has 0 unspecified atom stereocenters. The summed E-state index contributed by atoms with van der Waals surface area (Å²) in [5, 5.41) is 0. The van der Waals surface area contributed by atoms with Crippen molar-refractivity contribution in [2.45, 2.75) is 19.3 Å². The summed E-state index contributed by atoms with van der Waals surface area (Å²) in [6, 6.07) is 9.24. The van der Waals surface area contributed by atoms with Gasteiger partial charge in [-0.25, -0.2) is 0 Å². The molecule has 4 N–H and O–H groups in total. The number of piperidine rings is 1. The summed E-state index contributed by atoms with van der Waals surface area (Å²) in [4.78, 5) is 18.6. The zero-order valence-corrected chi connectivity index (χ0v) is 15.4. The van der Waals surface area contributed by atoms with Crippen molar-refractivity contribution in [2.24, 2.45) is 11.7 Å². The highest BCUT2D eigenvalue weighted by atomic mass is 16.5. The van der Waals surface area contributed by atoms with Crippen LogP contribution in [0.15, 0.2) is 49.3 Å². The number of amides is 1. The van der Waals surface area contributed by atoms with Crippen molar-refractivity contribution < 1.29 is 9.53 Å². The first-order valence-electron chi connectivity index (χ1n) is 9.17. The number of nitrogen functional groups attached to an aromatic ring is 1. The Bertz CT molecular complexity index is 807. The maximum atomic E-state index is 12.6. The van der Waals surface area contributed by atoms with Gasteiger partial charge in [-0.1, -0.05) is 18.7 Å². The lowest BCUT2D eigenvalue weighted by Crippen LogP contribution is -2.42. The molecule has 1 fully saturated rings. The minimum Gasteiger partial charge on any atom is -0.492 e. The Hall–Kier alpha value is -3.02. The molecule has 1 aliphatic rings. The van der Waals surface area contributed by atoms with Gasteiger partial charge in [0.15, 0.2) is 0 Å². The SMILES string of the molecule is C=C(N)c1c(N)cccc1OC[C@H]1CCCN(C(=O)Cc2cccnc2)C1. The van der Waals surface area contributed by atoms with Crippen LogP contribution in [-0.4, -0.2) is 35.5 Å². The van der Waals surface area contributed by atoms with E-state index in [1.54, 1.807) is 18.5 Å². The number of anilines is 1. The first-order valence-corrected chi connectivity index (χ1v) is 9.17. The van der Waals surface area contributed by atoms with Crippen LogP contribution in [0.1, 0.15) is 24.0 Å². The number of pyridine rings is 1. The maximum absolute atomic E-state index is 12.6. The van der Waals surface area contributed by atoms with Crippen molar-refractivity contribution in [3.63, 3.8) is 0 Å².